The minimum atomic E-state index is -3.98. The van der Waals surface area contributed by atoms with Gasteiger partial charge in [0.2, 0.25) is 6.79 Å². The predicted molar refractivity (Wildman–Crippen MR) is 125 cm³/mol. The molecule has 0 fully saturated rings. The van der Waals surface area contributed by atoms with E-state index in [0.717, 1.165) is 15.4 Å². The van der Waals surface area contributed by atoms with Gasteiger partial charge in [0.15, 0.2) is 11.5 Å². The van der Waals surface area contributed by atoms with Crippen molar-refractivity contribution in [2.45, 2.75) is 18.7 Å². The number of hydrogen-bond donors (Lipinski definition) is 1. The standard InChI is InChI=1S/C24H23N3O5S/c1-17-8-9-18(2)21(12-17)27(33(29,30)20-6-4-3-5-7-20)15-24(28)26-25-14-19-10-11-22-23(13-19)32-16-31-22/h3-14H,15-16H2,1-2H3,(H,26,28)/b25-14-. The van der Waals surface area contributed by atoms with E-state index >= 15 is 0 Å². The second-order valence-electron chi connectivity index (χ2n) is 7.52. The van der Waals surface area contributed by atoms with Crippen molar-refractivity contribution in [3.8, 4) is 11.5 Å². The van der Waals surface area contributed by atoms with Crippen LogP contribution in [0.25, 0.3) is 0 Å². The number of nitrogens with one attached hydrogen (secondary N) is 1. The molecule has 1 heterocycles. The maximum atomic E-state index is 13.4. The van der Waals surface area contributed by atoms with E-state index in [9.17, 15) is 13.2 Å². The quantitative estimate of drug-likeness (QED) is 0.426. The highest BCUT2D eigenvalue weighted by atomic mass is 32.2. The lowest BCUT2D eigenvalue weighted by Gasteiger charge is -2.25. The minimum absolute atomic E-state index is 0.0996. The Bertz CT molecular complexity index is 1310. The summed E-state index contributed by atoms with van der Waals surface area (Å²) >= 11 is 0. The lowest BCUT2D eigenvalue weighted by atomic mass is 10.1. The van der Waals surface area contributed by atoms with Gasteiger partial charge in [-0.25, -0.2) is 13.8 Å². The van der Waals surface area contributed by atoms with Crippen LogP contribution in [0.4, 0.5) is 5.69 Å². The average molecular weight is 466 g/mol. The van der Waals surface area contributed by atoms with Crippen LogP contribution < -0.4 is 19.2 Å². The van der Waals surface area contributed by atoms with Crippen molar-refractivity contribution in [1.29, 1.82) is 0 Å². The normalized spacial score (nSPS) is 12.7. The van der Waals surface area contributed by atoms with E-state index in [4.69, 9.17) is 9.47 Å². The zero-order chi connectivity index (χ0) is 23.4. The molecule has 1 aliphatic rings. The third kappa shape index (κ3) is 4.98. The molecule has 3 aromatic rings. The summed E-state index contributed by atoms with van der Waals surface area (Å²) in [6, 6.07) is 18.7. The summed E-state index contributed by atoms with van der Waals surface area (Å²) in [7, 11) is -3.98. The van der Waals surface area contributed by atoms with Gasteiger partial charge in [0.1, 0.15) is 6.54 Å². The molecule has 0 radical (unpaired) electrons. The molecule has 0 aliphatic carbocycles. The topological polar surface area (TPSA) is 97.3 Å². The largest absolute Gasteiger partial charge is 0.454 e. The van der Waals surface area contributed by atoms with Gasteiger partial charge in [-0.1, -0.05) is 30.3 Å². The number of carbonyl (C=O) groups excluding carboxylic acids is 1. The molecular formula is C24H23N3O5S. The number of benzene rings is 3. The number of sulfonamides is 1. The lowest BCUT2D eigenvalue weighted by molar-refractivity contribution is -0.119. The van der Waals surface area contributed by atoms with Crippen LogP contribution in [0.3, 0.4) is 0 Å². The van der Waals surface area contributed by atoms with Crippen molar-refractivity contribution >= 4 is 27.8 Å². The van der Waals surface area contributed by atoms with Crippen molar-refractivity contribution in [3.05, 3.63) is 83.4 Å². The first-order valence-corrected chi connectivity index (χ1v) is 11.7. The summed E-state index contributed by atoms with van der Waals surface area (Å²) in [4.78, 5) is 12.8. The molecule has 1 N–H and O–H groups in total. The maximum Gasteiger partial charge on any atom is 0.264 e. The number of rotatable bonds is 7. The number of hydrazone groups is 1. The molecule has 0 spiro atoms. The molecule has 3 aromatic carbocycles. The van der Waals surface area contributed by atoms with E-state index in [1.54, 1.807) is 49.4 Å². The molecule has 1 aliphatic heterocycles. The third-order valence-electron chi connectivity index (χ3n) is 5.05. The summed E-state index contributed by atoms with van der Waals surface area (Å²) in [6.45, 7) is 3.40. The number of fused-ring (bicyclic) bond motifs is 1. The Morgan fingerprint density at radius 2 is 1.79 bits per heavy atom. The Morgan fingerprint density at radius 3 is 2.58 bits per heavy atom. The number of carbonyl (C=O) groups is 1. The van der Waals surface area contributed by atoms with Gasteiger partial charge in [-0.3, -0.25) is 9.10 Å². The second-order valence-corrected chi connectivity index (χ2v) is 9.38. The first-order chi connectivity index (χ1) is 15.8. The summed E-state index contributed by atoms with van der Waals surface area (Å²) in [5.41, 5.74) is 5.16. The number of hydrogen-bond acceptors (Lipinski definition) is 6. The van der Waals surface area contributed by atoms with Gasteiger partial charge >= 0.3 is 0 Å². The van der Waals surface area contributed by atoms with Crippen molar-refractivity contribution < 1.29 is 22.7 Å². The van der Waals surface area contributed by atoms with Crippen molar-refractivity contribution in [2.75, 3.05) is 17.6 Å². The highest BCUT2D eigenvalue weighted by Gasteiger charge is 2.28. The maximum absolute atomic E-state index is 13.4. The molecule has 1 amide bonds. The fourth-order valence-electron chi connectivity index (χ4n) is 3.35. The lowest BCUT2D eigenvalue weighted by Crippen LogP contribution is -2.40. The highest BCUT2D eigenvalue weighted by molar-refractivity contribution is 7.92. The molecule has 0 saturated heterocycles. The first-order valence-electron chi connectivity index (χ1n) is 10.2. The first kappa shape index (κ1) is 22.3. The molecule has 170 valence electrons. The van der Waals surface area contributed by atoms with Crippen molar-refractivity contribution in [1.82, 2.24) is 5.43 Å². The van der Waals surface area contributed by atoms with E-state index in [1.807, 2.05) is 19.1 Å². The fourth-order valence-corrected chi connectivity index (χ4v) is 4.84. The van der Waals surface area contributed by atoms with E-state index < -0.39 is 22.5 Å². The summed E-state index contributed by atoms with van der Waals surface area (Å²) in [5.74, 6) is 0.666. The van der Waals surface area contributed by atoms with Crippen LogP contribution >= 0.6 is 0 Å². The molecule has 0 aromatic heterocycles. The number of amides is 1. The molecule has 33 heavy (non-hydrogen) atoms. The Morgan fingerprint density at radius 1 is 1.03 bits per heavy atom. The van der Waals surface area contributed by atoms with Gasteiger partial charge in [-0.05, 0) is 66.9 Å². The smallest absolute Gasteiger partial charge is 0.264 e. The zero-order valence-electron chi connectivity index (χ0n) is 18.2. The molecule has 4 rings (SSSR count). The highest BCUT2D eigenvalue weighted by Crippen LogP contribution is 2.32. The van der Waals surface area contributed by atoms with Crippen LogP contribution in [0.15, 0.2) is 76.7 Å². The molecule has 0 bridgehead atoms. The van der Waals surface area contributed by atoms with Gasteiger partial charge in [0.05, 0.1) is 16.8 Å². The van der Waals surface area contributed by atoms with E-state index in [2.05, 4.69) is 10.5 Å². The van der Waals surface area contributed by atoms with Gasteiger partial charge in [-0.2, -0.15) is 5.10 Å². The van der Waals surface area contributed by atoms with Crippen LogP contribution in [0.2, 0.25) is 0 Å². The van der Waals surface area contributed by atoms with Crippen molar-refractivity contribution in [2.24, 2.45) is 5.10 Å². The zero-order valence-corrected chi connectivity index (χ0v) is 19.0. The number of nitrogens with zero attached hydrogens (tertiary/aromatic N) is 2. The van der Waals surface area contributed by atoms with Gasteiger partial charge in [0.25, 0.3) is 15.9 Å². The van der Waals surface area contributed by atoms with Crippen LogP contribution in [-0.2, 0) is 14.8 Å². The Kier molecular flexibility index (Phi) is 6.32. The summed E-state index contributed by atoms with van der Waals surface area (Å²) < 4.78 is 38.5. The van der Waals surface area contributed by atoms with Crippen LogP contribution in [0.1, 0.15) is 16.7 Å². The van der Waals surface area contributed by atoms with E-state index in [1.165, 1.54) is 18.3 Å². The molecule has 8 nitrogen and oxygen atoms in total. The molecule has 0 saturated carbocycles. The monoisotopic (exact) mass is 465 g/mol. The number of aryl methyl sites for hydroxylation is 2. The van der Waals surface area contributed by atoms with Crippen LogP contribution in [0.5, 0.6) is 11.5 Å². The van der Waals surface area contributed by atoms with Crippen molar-refractivity contribution in [3.63, 3.8) is 0 Å². The fraction of sp³-hybridized carbons (Fsp3) is 0.167. The minimum Gasteiger partial charge on any atom is -0.454 e. The predicted octanol–water partition coefficient (Wildman–Crippen LogP) is 3.38. The van der Waals surface area contributed by atoms with Crippen LogP contribution in [-0.4, -0.2) is 33.9 Å². The van der Waals surface area contributed by atoms with E-state index in [-0.39, 0.29) is 11.7 Å². The third-order valence-corrected chi connectivity index (χ3v) is 6.83. The van der Waals surface area contributed by atoms with E-state index in [0.29, 0.717) is 22.7 Å². The Labute approximate surface area is 192 Å². The number of anilines is 1. The van der Waals surface area contributed by atoms with Gasteiger partial charge < -0.3 is 9.47 Å². The molecule has 0 unspecified atom stereocenters. The Balaban J connectivity index is 1.56. The second kappa shape index (κ2) is 9.33. The average Bonchev–Trinajstić information content (AvgIpc) is 3.28. The summed E-state index contributed by atoms with van der Waals surface area (Å²) in [6.07, 6.45) is 1.45. The van der Waals surface area contributed by atoms with Gasteiger partial charge in [-0.15, -0.1) is 0 Å². The number of ether oxygens (including phenoxy) is 2. The molecular weight excluding hydrogens is 442 g/mol. The molecule has 9 heteroatoms. The SMILES string of the molecule is Cc1ccc(C)c(N(CC(=O)N/N=C\c2ccc3c(c2)OCO3)S(=O)(=O)c2ccccc2)c1. The Hall–Kier alpha value is -3.85. The summed E-state index contributed by atoms with van der Waals surface area (Å²) in [5, 5.41) is 3.97. The van der Waals surface area contributed by atoms with Crippen LogP contribution in [0, 0.1) is 13.8 Å². The van der Waals surface area contributed by atoms with Gasteiger partial charge in [0, 0.05) is 0 Å². The molecule has 0 atom stereocenters.